The minimum absolute atomic E-state index is 0.000923. The van der Waals surface area contributed by atoms with Gasteiger partial charge in [-0.2, -0.15) is 0 Å². The highest BCUT2D eigenvalue weighted by atomic mass is 16.5. The number of rotatable bonds is 3. The maximum absolute atomic E-state index is 12.3. The van der Waals surface area contributed by atoms with Gasteiger partial charge in [0.15, 0.2) is 0 Å². The summed E-state index contributed by atoms with van der Waals surface area (Å²) in [5, 5.41) is 9.15. The molecule has 1 aliphatic carbocycles. The van der Waals surface area contributed by atoms with Crippen molar-refractivity contribution in [2.24, 2.45) is 5.92 Å². The molecule has 0 unspecified atom stereocenters. The lowest BCUT2D eigenvalue weighted by Gasteiger charge is -2.26. The number of carbonyl (C=O) groups is 2. The summed E-state index contributed by atoms with van der Waals surface area (Å²) in [4.78, 5) is 23.5. The highest BCUT2D eigenvalue weighted by molar-refractivity contribution is 6.02. The molecule has 0 spiro atoms. The highest BCUT2D eigenvalue weighted by Crippen LogP contribution is 2.26. The van der Waals surface area contributed by atoms with Crippen LogP contribution in [0.2, 0.25) is 0 Å². The predicted octanol–water partition coefficient (Wildman–Crippen LogP) is 3.90. The molecule has 1 saturated carbocycles. The van der Waals surface area contributed by atoms with Crippen molar-refractivity contribution in [3.63, 3.8) is 0 Å². The van der Waals surface area contributed by atoms with Crippen molar-refractivity contribution in [3.05, 3.63) is 35.4 Å². The number of carbonyl (C=O) groups excluding carboxylic acids is 1. The minimum Gasteiger partial charge on any atom is -0.478 e. The van der Waals surface area contributed by atoms with Crippen molar-refractivity contribution in [2.45, 2.75) is 51.6 Å². The molecule has 21 heavy (non-hydrogen) atoms. The van der Waals surface area contributed by atoms with Gasteiger partial charge in [-0.15, -0.1) is 0 Å². The van der Waals surface area contributed by atoms with Crippen molar-refractivity contribution in [1.29, 1.82) is 0 Å². The molecule has 0 amide bonds. The van der Waals surface area contributed by atoms with Crippen LogP contribution in [0, 0.1) is 5.92 Å². The SMILES string of the molecule is C[C@H]1CCCCCC[C@@H]1OC(=O)c1ccccc1C(=O)O. The molecule has 0 bridgehead atoms. The number of carboxylic acid groups (broad SMARTS) is 1. The monoisotopic (exact) mass is 290 g/mol. The van der Waals surface area contributed by atoms with Crippen LogP contribution in [0.4, 0.5) is 0 Å². The number of ether oxygens (including phenoxy) is 1. The number of hydrogen-bond acceptors (Lipinski definition) is 3. The Bertz CT molecular complexity index is 509. The largest absolute Gasteiger partial charge is 0.478 e. The predicted molar refractivity (Wildman–Crippen MR) is 79.5 cm³/mol. The van der Waals surface area contributed by atoms with Gasteiger partial charge in [0.05, 0.1) is 11.1 Å². The molecule has 0 heterocycles. The number of hydrogen-bond donors (Lipinski definition) is 1. The van der Waals surface area contributed by atoms with Crippen LogP contribution >= 0.6 is 0 Å². The Kier molecular flexibility index (Phi) is 5.37. The van der Waals surface area contributed by atoms with E-state index in [1.807, 2.05) is 0 Å². The molecule has 4 heteroatoms. The molecule has 1 fully saturated rings. The molecular formula is C17H22O4. The number of benzene rings is 1. The molecule has 0 aliphatic heterocycles. The molecule has 2 atom stereocenters. The number of aromatic carboxylic acids is 1. The van der Waals surface area contributed by atoms with Gasteiger partial charge in [-0.05, 0) is 37.3 Å². The van der Waals surface area contributed by atoms with Crippen LogP contribution in [0.3, 0.4) is 0 Å². The Morgan fingerprint density at radius 3 is 2.33 bits per heavy atom. The van der Waals surface area contributed by atoms with Gasteiger partial charge < -0.3 is 9.84 Å². The second kappa shape index (κ2) is 7.25. The van der Waals surface area contributed by atoms with Crippen molar-refractivity contribution in [1.82, 2.24) is 0 Å². The second-order valence-corrected chi connectivity index (χ2v) is 5.76. The third kappa shape index (κ3) is 4.06. The van der Waals surface area contributed by atoms with E-state index in [-0.39, 0.29) is 17.2 Å². The summed E-state index contributed by atoms with van der Waals surface area (Å²) in [5.41, 5.74) is 0.139. The fourth-order valence-corrected chi connectivity index (χ4v) is 2.86. The summed E-state index contributed by atoms with van der Waals surface area (Å²) < 4.78 is 5.61. The smallest absolute Gasteiger partial charge is 0.339 e. The van der Waals surface area contributed by atoms with Crippen LogP contribution in [0.15, 0.2) is 24.3 Å². The number of carboxylic acids is 1. The highest BCUT2D eigenvalue weighted by Gasteiger charge is 2.25. The Hall–Kier alpha value is -1.84. The van der Waals surface area contributed by atoms with Gasteiger partial charge in [0.25, 0.3) is 0 Å². The molecule has 1 aromatic carbocycles. The molecular weight excluding hydrogens is 268 g/mol. The molecule has 4 nitrogen and oxygen atoms in total. The number of esters is 1. The summed E-state index contributed by atoms with van der Waals surface area (Å²) in [6, 6.07) is 6.21. The second-order valence-electron chi connectivity index (χ2n) is 5.76. The molecule has 1 aliphatic rings. The minimum atomic E-state index is -1.10. The maximum atomic E-state index is 12.3. The molecule has 114 valence electrons. The first-order chi connectivity index (χ1) is 10.1. The fraction of sp³-hybridized carbons (Fsp3) is 0.529. The average Bonchev–Trinajstić information content (AvgIpc) is 2.46. The van der Waals surface area contributed by atoms with E-state index in [1.54, 1.807) is 12.1 Å². The van der Waals surface area contributed by atoms with E-state index < -0.39 is 11.9 Å². The Morgan fingerprint density at radius 2 is 1.67 bits per heavy atom. The molecule has 2 rings (SSSR count). The van der Waals surface area contributed by atoms with E-state index in [4.69, 9.17) is 9.84 Å². The van der Waals surface area contributed by atoms with E-state index in [0.29, 0.717) is 5.92 Å². The van der Waals surface area contributed by atoms with Crippen molar-refractivity contribution < 1.29 is 19.4 Å². The lowest BCUT2D eigenvalue weighted by atomic mass is 9.90. The maximum Gasteiger partial charge on any atom is 0.339 e. The lowest BCUT2D eigenvalue weighted by molar-refractivity contribution is 0.00927. The first kappa shape index (κ1) is 15.5. The van der Waals surface area contributed by atoms with Gasteiger partial charge in [-0.25, -0.2) is 9.59 Å². The van der Waals surface area contributed by atoms with Gasteiger partial charge in [-0.1, -0.05) is 38.3 Å². The summed E-state index contributed by atoms with van der Waals surface area (Å²) >= 11 is 0. The van der Waals surface area contributed by atoms with Gasteiger partial charge >= 0.3 is 11.9 Å². The summed E-state index contributed by atoms with van der Waals surface area (Å²) in [6.07, 6.45) is 6.45. The summed E-state index contributed by atoms with van der Waals surface area (Å²) in [7, 11) is 0. The molecule has 1 N–H and O–H groups in total. The fourth-order valence-electron chi connectivity index (χ4n) is 2.86. The van der Waals surface area contributed by atoms with Gasteiger partial charge in [0.1, 0.15) is 6.10 Å². The van der Waals surface area contributed by atoms with Crippen LogP contribution in [0.25, 0.3) is 0 Å². The molecule has 0 saturated heterocycles. The standard InChI is InChI=1S/C17H22O4/c1-12-8-4-2-3-5-11-15(12)21-17(20)14-10-7-6-9-13(14)16(18)19/h6-7,9-10,12,15H,2-5,8,11H2,1H3,(H,18,19)/t12-,15-/m0/s1. The normalized spacial score (nSPS) is 22.9. The van der Waals surface area contributed by atoms with Crippen LogP contribution in [0.1, 0.15) is 66.2 Å². The summed E-state index contributed by atoms with van der Waals surface area (Å²) in [5.74, 6) is -1.30. The van der Waals surface area contributed by atoms with E-state index >= 15 is 0 Å². The van der Waals surface area contributed by atoms with Crippen molar-refractivity contribution in [2.75, 3.05) is 0 Å². The average molecular weight is 290 g/mol. The van der Waals surface area contributed by atoms with Crippen LogP contribution in [-0.4, -0.2) is 23.1 Å². The van der Waals surface area contributed by atoms with Gasteiger partial charge in [0.2, 0.25) is 0 Å². The van der Waals surface area contributed by atoms with Crippen LogP contribution in [-0.2, 0) is 4.74 Å². The first-order valence-corrected chi connectivity index (χ1v) is 7.63. The Labute approximate surface area is 125 Å². The zero-order chi connectivity index (χ0) is 15.2. The molecule has 0 aromatic heterocycles. The topological polar surface area (TPSA) is 63.6 Å². The summed E-state index contributed by atoms with van der Waals surface area (Å²) in [6.45, 7) is 2.10. The van der Waals surface area contributed by atoms with Crippen molar-refractivity contribution >= 4 is 11.9 Å². The third-order valence-electron chi connectivity index (χ3n) is 4.17. The third-order valence-corrected chi connectivity index (χ3v) is 4.17. The Balaban J connectivity index is 2.11. The van der Waals surface area contributed by atoms with E-state index in [2.05, 4.69) is 6.92 Å². The zero-order valence-corrected chi connectivity index (χ0v) is 12.4. The Morgan fingerprint density at radius 1 is 1.05 bits per heavy atom. The van der Waals surface area contributed by atoms with Crippen LogP contribution < -0.4 is 0 Å². The molecule has 0 radical (unpaired) electrons. The van der Waals surface area contributed by atoms with E-state index in [9.17, 15) is 9.59 Å². The van der Waals surface area contributed by atoms with E-state index in [0.717, 1.165) is 19.3 Å². The van der Waals surface area contributed by atoms with Gasteiger partial charge in [0, 0.05) is 0 Å². The quantitative estimate of drug-likeness (QED) is 0.857. The van der Waals surface area contributed by atoms with E-state index in [1.165, 1.54) is 31.4 Å². The van der Waals surface area contributed by atoms with Crippen LogP contribution in [0.5, 0.6) is 0 Å². The lowest BCUT2D eigenvalue weighted by Crippen LogP contribution is -2.27. The van der Waals surface area contributed by atoms with Crippen molar-refractivity contribution in [3.8, 4) is 0 Å². The zero-order valence-electron chi connectivity index (χ0n) is 12.4. The van der Waals surface area contributed by atoms with Gasteiger partial charge in [-0.3, -0.25) is 0 Å². The first-order valence-electron chi connectivity index (χ1n) is 7.63. The molecule has 1 aromatic rings.